The van der Waals surface area contributed by atoms with Gasteiger partial charge in [0, 0.05) is 51.1 Å². The summed E-state index contributed by atoms with van der Waals surface area (Å²) in [6, 6.07) is 5.23. The van der Waals surface area contributed by atoms with Crippen LogP contribution in [0.25, 0.3) is 0 Å². The topological polar surface area (TPSA) is 28.6 Å². The molecule has 1 aliphatic heterocycles. The van der Waals surface area contributed by atoms with Gasteiger partial charge in [0.05, 0.1) is 17.8 Å². The third-order valence-electron chi connectivity index (χ3n) is 4.44. The van der Waals surface area contributed by atoms with E-state index in [1.54, 1.807) is 23.5 Å². The lowest BCUT2D eigenvalue weighted by Gasteiger charge is -2.34. The van der Waals surface area contributed by atoms with Crippen molar-refractivity contribution in [3.05, 3.63) is 45.7 Å². The fourth-order valence-electron chi connectivity index (χ4n) is 3.03. The third kappa shape index (κ3) is 4.53. The van der Waals surface area contributed by atoms with E-state index in [2.05, 4.69) is 27.1 Å². The van der Waals surface area contributed by atoms with Crippen LogP contribution in [0.4, 0.5) is 4.39 Å². The number of hydrogen-bond acceptors (Lipinski definition) is 5. The van der Waals surface area contributed by atoms with Crippen LogP contribution in [0.2, 0.25) is 0 Å². The maximum atomic E-state index is 13.8. The van der Waals surface area contributed by atoms with Gasteiger partial charge in [0.1, 0.15) is 0 Å². The maximum Gasteiger partial charge on any atom is 0.165 e. The van der Waals surface area contributed by atoms with Crippen molar-refractivity contribution >= 4 is 11.3 Å². The van der Waals surface area contributed by atoms with Gasteiger partial charge in [-0.2, -0.15) is 0 Å². The molecule has 0 spiro atoms. The van der Waals surface area contributed by atoms with E-state index in [1.807, 2.05) is 6.07 Å². The van der Waals surface area contributed by atoms with Gasteiger partial charge in [-0.3, -0.25) is 4.90 Å². The third-order valence-corrected chi connectivity index (χ3v) is 5.26. The molecule has 130 valence electrons. The Labute approximate surface area is 146 Å². The summed E-state index contributed by atoms with van der Waals surface area (Å²) >= 11 is 1.72. The first-order chi connectivity index (χ1) is 11.6. The zero-order chi connectivity index (χ0) is 16.9. The molecule has 0 N–H and O–H groups in total. The van der Waals surface area contributed by atoms with Gasteiger partial charge in [-0.25, -0.2) is 9.37 Å². The number of ether oxygens (including phenoxy) is 1. The smallest absolute Gasteiger partial charge is 0.165 e. The van der Waals surface area contributed by atoms with Crippen LogP contribution in [0.15, 0.2) is 23.6 Å². The van der Waals surface area contributed by atoms with E-state index in [9.17, 15) is 4.39 Å². The average molecular weight is 349 g/mol. The number of halogens is 1. The Morgan fingerprint density at radius 3 is 2.58 bits per heavy atom. The van der Waals surface area contributed by atoms with E-state index in [1.165, 1.54) is 12.8 Å². The van der Waals surface area contributed by atoms with Crippen LogP contribution in [-0.2, 0) is 13.0 Å². The van der Waals surface area contributed by atoms with E-state index < -0.39 is 0 Å². The van der Waals surface area contributed by atoms with Crippen molar-refractivity contribution in [2.75, 3.05) is 39.8 Å². The highest BCUT2D eigenvalue weighted by molar-refractivity contribution is 7.09. The summed E-state index contributed by atoms with van der Waals surface area (Å²) in [5, 5.41) is 3.30. The average Bonchev–Trinajstić information content (AvgIpc) is 3.00. The standard InChI is InChI=1S/C18H24FN3OS/c1-14-20-16(13-24-14)5-6-21-7-9-22(10-8-21)12-15-3-4-18(23-2)17(19)11-15/h3-4,11,13H,5-10,12H2,1-2H3. The first kappa shape index (κ1) is 17.3. The lowest BCUT2D eigenvalue weighted by molar-refractivity contribution is 0.128. The summed E-state index contributed by atoms with van der Waals surface area (Å²) in [5.74, 6) is 0.0213. The molecular weight excluding hydrogens is 325 g/mol. The molecule has 1 fully saturated rings. The van der Waals surface area contributed by atoms with E-state index in [4.69, 9.17) is 4.74 Å². The second-order valence-electron chi connectivity index (χ2n) is 6.19. The molecule has 0 atom stereocenters. The normalized spacial score (nSPS) is 16.5. The Hall–Kier alpha value is -1.50. The second-order valence-corrected chi connectivity index (χ2v) is 7.26. The fourth-order valence-corrected chi connectivity index (χ4v) is 3.68. The van der Waals surface area contributed by atoms with Gasteiger partial charge < -0.3 is 9.64 Å². The molecule has 1 saturated heterocycles. The highest BCUT2D eigenvalue weighted by Crippen LogP contribution is 2.19. The lowest BCUT2D eigenvalue weighted by atomic mass is 10.1. The zero-order valence-electron chi connectivity index (χ0n) is 14.3. The van der Waals surface area contributed by atoms with Crippen molar-refractivity contribution in [2.24, 2.45) is 0 Å². The number of rotatable bonds is 6. The van der Waals surface area contributed by atoms with E-state index >= 15 is 0 Å². The predicted molar refractivity (Wildman–Crippen MR) is 95.2 cm³/mol. The minimum absolute atomic E-state index is 0.285. The fraction of sp³-hybridized carbons (Fsp3) is 0.500. The maximum absolute atomic E-state index is 13.8. The van der Waals surface area contributed by atoms with Crippen molar-refractivity contribution in [2.45, 2.75) is 19.9 Å². The second kappa shape index (κ2) is 8.05. The predicted octanol–water partition coefficient (Wildman–Crippen LogP) is 2.96. The molecule has 1 aliphatic rings. The van der Waals surface area contributed by atoms with Gasteiger partial charge in [-0.05, 0) is 24.6 Å². The van der Waals surface area contributed by atoms with Crippen LogP contribution < -0.4 is 4.74 Å². The molecule has 2 aromatic rings. The van der Waals surface area contributed by atoms with E-state index in [0.717, 1.165) is 56.3 Å². The Balaban J connectivity index is 1.44. The summed E-state index contributed by atoms with van der Waals surface area (Å²) in [6.07, 6.45) is 1.02. The Morgan fingerprint density at radius 2 is 1.96 bits per heavy atom. The molecule has 24 heavy (non-hydrogen) atoms. The van der Waals surface area contributed by atoms with Crippen LogP contribution >= 0.6 is 11.3 Å². The molecule has 0 bridgehead atoms. The first-order valence-corrected chi connectivity index (χ1v) is 9.20. The lowest BCUT2D eigenvalue weighted by Crippen LogP contribution is -2.46. The summed E-state index contributed by atoms with van der Waals surface area (Å²) in [5.41, 5.74) is 2.20. The molecule has 3 rings (SSSR count). The van der Waals surface area contributed by atoms with Gasteiger partial charge in [0.2, 0.25) is 0 Å². The quantitative estimate of drug-likeness (QED) is 0.802. The Bertz CT molecular complexity index is 668. The first-order valence-electron chi connectivity index (χ1n) is 8.32. The molecule has 0 unspecified atom stereocenters. The number of hydrogen-bond donors (Lipinski definition) is 0. The van der Waals surface area contributed by atoms with Crippen LogP contribution in [-0.4, -0.2) is 54.6 Å². The van der Waals surface area contributed by atoms with Crippen LogP contribution in [0.1, 0.15) is 16.3 Å². The molecule has 0 saturated carbocycles. The molecule has 0 amide bonds. The van der Waals surface area contributed by atoms with Crippen LogP contribution in [0.5, 0.6) is 5.75 Å². The zero-order valence-corrected chi connectivity index (χ0v) is 15.1. The monoisotopic (exact) mass is 349 g/mol. The molecular formula is C18H24FN3OS. The Kier molecular flexibility index (Phi) is 5.81. The van der Waals surface area contributed by atoms with Gasteiger partial charge in [-0.15, -0.1) is 11.3 Å². The van der Waals surface area contributed by atoms with Crippen LogP contribution in [0.3, 0.4) is 0 Å². The van der Waals surface area contributed by atoms with Gasteiger partial charge in [-0.1, -0.05) is 6.07 Å². The minimum atomic E-state index is -0.285. The number of methoxy groups -OCH3 is 1. The number of piperazine rings is 1. The van der Waals surface area contributed by atoms with E-state index in [-0.39, 0.29) is 5.82 Å². The van der Waals surface area contributed by atoms with Crippen molar-refractivity contribution in [3.8, 4) is 5.75 Å². The largest absolute Gasteiger partial charge is 0.494 e. The van der Waals surface area contributed by atoms with E-state index in [0.29, 0.717) is 5.75 Å². The minimum Gasteiger partial charge on any atom is -0.494 e. The highest BCUT2D eigenvalue weighted by atomic mass is 32.1. The highest BCUT2D eigenvalue weighted by Gasteiger charge is 2.17. The number of aromatic nitrogens is 1. The number of benzene rings is 1. The summed E-state index contributed by atoms with van der Waals surface area (Å²) < 4.78 is 18.7. The molecule has 1 aromatic heterocycles. The molecule has 0 aliphatic carbocycles. The molecule has 1 aromatic carbocycles. The number of nitrogens with zero attached hydrogens (tertiary/aromatic N) is 3. The molecule has 4 nitrogen and oxygen atoms in total. The van der Waals surface area contributed by atoms with Gasteiger partial charge in [0.15, 0.2) is 11.6 Å². The number of aryl methyl sites for hydroxylation is 1. The van der Waals surface area contributed by atoms with Crippen molar-refractivity contribution < 1.29 is 9.13 Å². The van der Waals surface area contributed by atoms with Crippen molar-refractivity contribution in [1.29, 1.82) is 0 Å². The summed E-state index contributed by atoms with van der Waals surface area (Å²) in [6.45, 7) is 8.06. The van der Waals surface area contributed by atoms with Crippen molar-refractivity contribution in [1.82, 2.24) is 14.8 Å². The Morgan fingerprint density at radius 1 is 1.21 bits per heavy atom. The van der Waals surface area contributed by atoms with Crippen LogP contribution in [0, 0.1) is 12.7 Å². The van der Waals surface area contributed by atoms with Crippen molar-refractivity contribution in [3.63, 3.8) is 0 Å². The van der Waals surface area contributed by atoms with Gasteiger partial charge >= 0.3 is 0 Å². The summed E-state index contributed by atoms with van der Waals surface area (Å²) in [7, 11) is 1.49. The number of thiazole rings is 1. The molecule has 2 heterocycles. The SMILES string of the molecule is COc1ccc(CN2CCN(CCc3csc(C)n3)CC2)cc1F. The summed E-state index contributed by atoms with van der Waals surface area (Å²) in [4.78, 5) is 9.39. The molecule has 6 heteroatoms. The molecule has 0 radical (unpaired) electrons. The van der Waals surface area contributed by atoms with Gasteiger partial charge in [0.25, 0.3) is 0 Å².